The normalized spacial score (nSPS) is 11.8. The van der Waals surface area contributed by atoms with Crippen molar-refractivity contribution in [2.45, 2.75) is 19.4 Å². The number of hydrogen-bond acceptors (Lipinski definition) is 3. The molecule has 1 N–H and O–H groups in total. The van der Waals surface area contributed by atoms with Gasteiger partial charge >= 0.3 is 0 Å². The van der Waals surface area contributed by atoms with Crippen molar-refractivity contribution in [1.82, 2.24) is 9.88 Å². The molecule has 1 amide bonds. The molecule has 0 aliphatic rings. The van der Waals surface area contributed by atoms with Crippen molar-refractivity contribution in [3.8, 4) is 11.3 Å². The summed E-state index contributed by atoms with van der Waals surface area (Å²) in [5.41, 5.74) is 4.16. The van der Waals surface area contributed by atoms with Crippen LogP contribution < -0.4 is 0 Å². The Kier molecular flexibility index (Phi) is 5.99. The van der Waals surface area contributed by atoms with Crippen molar-refractivity contribution in [2.24, 2.45) is 0 Å². The quantitative estimate of drug-likeness (QED) is 0.719. The molecule has 1 unspecified atom stereocenters. The van der Waals surface area contributed by atoms with Crippen LogP contribution in [0.3, 0.4) is 0 Å². The molecule has 27 heavy (non-hydrogen) atoms. The molecule has 1 aromatic heterocycles. The van der Waals surface area contributed by atoms with E-state index in [2.05, 4.69) is 4.98 Å². The molecule has 0 aliphatic carbocycles. The summed E-state index contributed by atoms with van der Waals surface area (Å²) in [7, 11) is 1.82. The lowest BCUT2D eigenvalue weighted by Crippen LogP contribution is -2.30. The van der Waals surface area contributed by atoms with Gasteiger partial charge in [-0.25, -0.2) is 0 Å². The summed E-state index contributed by atoms with van der Waals surface area (Å²) >= 11 is 0. The molecule has 0 radical (unpaired) electrons. The first kappa shape index (κ1) is 18.8. The molecule has 138 valence electrons. The van der Waals surface area contributed by atoms with Gasteiger partial charge in [0.25, 0.3) is 5.91 Å². The number of rotatable bonds is 6. The number of pyridine rings is 1. The first-order valence-corrected chi connectivity index (χ1v) is 9.09. The minimum Gasteiger partial charge on any atom is -0.396 e. The van der Waals surface area contributed by atoms with E-state index in [0.717, 1.165) is 16.7 Å². The summed E-state index contributed by atoms with van der Waals surface area (Å²) in [4.78, 5) is 19.5. The Labute approximate surface area is 160 Å². The van der Waals surface area contributed by atoms with Crippen molar-refractivity contribution in [3.05, 3.63) is 89.6 Å². The van der Waals surface area contributed by atoms with Gasteiger partial charge in [0.1, 0.15) is 0 Å². The van der Waals surface area contributed by atoms with Gasteiger partial charge in [0.15, 0.2) is 0 Å². The van der Waals surface area contributed by atoms with Crippen molar-refractivity contribution < 1.29 is 9.90 Å². The number of aliphatic hydroxyl groups excluding tert-OH is 1. The van der Waals surface area contributed by atoms with E-state index >= 15 is 0 Å². The van der Waals surface area contributed by atoms with Gasteiger partial charge in [0.05, 0.1) is 17.3 Å². The van der Waals surface area contributed by atoms with Crippen LogP contribution in [0.4, 0.5) is 0 Å². The van der Waals surface area contributed by atoms with Gasteiger partial charge in [0, 0.05) is 25.4 Å². The highest BCUT2D eigenvalue weighted by molar-refractivity contribution is 6.00. The van der Waals surface area contributed by atoms with Crippen LogP contribution in [0.2, 0.25) is 0 Å². The monoisotopic (exact) mass is 360 g/mol. The molecular weight excluding hydrogens is 336 g/mol. The van der Waals surface area contributed by atoms with Gasteiger partial charge in [-0.1, -0.05) is 54.6 Å². The second-order valence-corrected chi connectivity index (χ2v) is 6.53. The van der Waals surface area contributed by atoms with Gasteiger partial charge in [-0.2, -0.15) is 0 Å². The van der Waals surface area contributed by atoms with E-state index in [1.165, 1.54) is 0 Å². The lowest BCUT2D eigenvalue weighted by molar-refractivity contribution is 0.0743. The predicted octanol–water partition coefficient (Wildman–Crippen LogP) is 4.12. The van der Waals surface area contributed by atoms with E-state index in [9.17, 15) is 9.90 Å². The van der Waals surface area contributed by atoms with Crippen LogP contribution in [0.5, 0.6) is 0 Å². The molecule has 0 bridgehead atoms. The summed E-state index contributed by atoms with van der Waals surface area (Å²) in [6.07, 6.45) is 2.22. The highest BCUT2D eigenvalue weighted by Gasteiger charge is 2.23. The van der Waals surface area contributed by atoms with E-state index in [1.807, 2.05) is 74.6 Å². The van der Waals surface area contributed by atoms with Crippen molar-refractivity contribution >= 4 is 5.91 Å². The third-order valence-corrected chi connectivity index (χ3v) is 4.88. The first-order valence-electron chi connectivity index (χ1n) is 9.09. The Hall–Kier alpha value is -2.98. The average molecular weight is 360 g/mol. The Bertz CT molecular complexity index is 909. The lowest BCUT2D eigenvalue weighted by Gasteiger charge is -2.26. The summed E-state index contributed by atoms with van der Waals surface area (Å²) < 4.78 is 0. The molecule has 1 atom stereocenters. The molecule has 3 rings (SSSR count). The highest BCUT2D eigenvalue weighted by atomic mass is 16.3. The zero-order chi connectivity index (χ0) is 19.2. The second-order valence-electron chi connectivity index (χ2n) is 6.53. The molecule has 0 saturated heterocycles. The fourth-order valence-corrected chi connectivity index (χ4v) is 3.20. The van der Waals surface area contributed by atoms with Crippen LogP contribution in [0.25, 0.3) is 11.3 Å². The number of aliphatic hydroxyl groups is 1. The van der Waals surface area contributed by atoms with Crippen LogP contribution >= 0.6 is 0 Å². The first-order chi connectivity index (χ1) is 13.1. The maximum Gasteiger partial charge on any atom is 0.256 e. The van der Waals surface area contributed by atoms with E-state index in [0.29, 0.717) is 17.7 Å². The topological polar surface area (TPSA) is 53.4 Å². The molecule has 1 heterocycles. The smallest absolute Gasteiger partial charge is 0.256 e. The van der Waals surface area contributed by atoms with Crippen LogP contribution in [0.15, 0.2) is 72.9 Å². The van der Waals surface area contributed by atoms with Crippen molar-refractivity contribution in [3.63, 3.8) is 0 Å². The van der Waals surface area contributed by atoms with E-state index in [1.54, 1.807) is 17.2 Å². The predicted molar refractivity (Wildman–Crippen MR) is 107 cm³/mol. The van der Waals surface area contributed by atoms with E-state index in [4.69, 9.17) is 0 Å². The maximum absolute atomic E-state index is 13.3. The molecule has 0 aliphatic heterocycles. The molecule has 3 aromatic rings. The largest absolute Gasteiger partial charge is 0.396 e. The van der Waals surface area contributed by atoms with Crippen LogP contribution in [-0.4, -0.2) is 34.6 Å². The number of nitrogens with zero attached hydrogens (tertiary/aromatic N) is 2. The molecule has 2 aromatic carbocycles. The van der Waals surface area contributed by atoms with Crippen LogP contribution in [0.1, 0.15) is 34.5 Å². The highest BCUT2D eigenvalue weighted by Crippen LogP contribution is 2.28. The van der Waals surface area contributed by atoms with E-state index in [-0.39, 0.29) is 18.6 Å². The summed E-state index contributed by atoms with van der Waals surface area (Å²) in [6.45, 7) is 2.07. The molecule has 0 fully saturated rings. The molecular formula is C23H24N2O2. The minimum absolute atomic E-state index is 0.0536. The Morgan fingerprint density at radius 1 is 1.04 bits per heavy atom. The van der Waals surface area contributed by atoms with Crippen LogP contribution in [-0.2, 0) is 6.42 Å². The van der Waals surface area contributed by atoms with Gasteiger partial charge in [0.2, 0.25) is 0 Å². The van der Waals surface area contributed by atoms with E-state index < -0.39 is 0 Å². The fourth-order valence-electron chi connectivity index (χ4n) is 3.20. The summed E-state index contributed by atoms with van der Waals surface area (Å²) in [5.74, 6) is -0.0757. The number of carbonyl (C=O) groups excluding carboxylic acids is 1. The summed E-state index contributed by atoms with van der Waals surface area (Å²) in [6, 6.07) is 21.3. The Morgan fingerprint density at radius 3 is 2.48 bits per heavy atom. The number of hydrogen-bond donors (Lipinski definition) is 1. The number of aromatic nitrogens is 1. The van der Waals surface area contributed by atoms with Crippen molar-refractivity contribution in [1.29, 1.82) is 0 Å². The average Bonchev–Trinajstić information content (AvgIpc) is 2.73. The Balaban J connectivity index is 1.98. The third-order valence-electron chi connectivity index (χ3n) is 4.88. The standard InChI is InChI=1S/C23H24N2O2/c1-17(18-9-4-3-5-10-18)25(2)23(27)21-13-8-15-24-22(21)20-12-7-6-11-19(20)14-16-26/h3-13,15,17,26H,14,16H2,1-2H3. The van der Waals surface area contributed by atoms with Gasteiger partial charge < -0.3 is 10.0 Å². The van der Waals surface area contributed by atoms with Crippen LogP contribution in [0, 0.1) is 0 Å². The van der Waals surface area contributed by atoms with Gasteiger partial charge in [-0.15, -0.1) is 0 Å². The van der Waals surface area contributed by atoms with Gasteiger partial charge in [-0.05, 0) is 36.6 Å². The molecule has 4 nitrogen and oxygen atoms in total. The molecule has 4 heteroatoms. The fraction of sp³-hybridized carbons (Fsp3) is 0.217. The maximum atomic E-state index is 13.3. The number of benzene rings is 2. The third kappa shape index (κ3) is 4.07. The molecule has 0 saturated carbocycles. The Morgan fingerprint density at radius 2 is 1.74 bits per heavy atom. The number of carbonyl (C=O) groups is 1. The zero-order valence-electron chi connectivity index (χ0n) is 15.7. The molecule has 0 spiro atoms. The lowest BCUT2D eigenvalue weighted by atomic mass is 9.97. The summed E-state index contributed by atoms with van der Waals surface area (Å²) in [5, 5.41) is 9.36. The SMILES string of the molecule is CC(c1ccccc1)N(C)C(=O)c1cccnc1-c1ccccc1CCO. The van der Waals surface area contributed by atoms with Crippen molar-refractivity contribution in [2.75, 3.05) is 13.7 Å². The zero-order valence-corrected chi connectivity index (χ0v) is 15.7. The number of amides is 1. The van der Waals surface area contributed by atoms with Gasteiger partial charge in [-0.3, -0.25) is 9.78 Å². The second kappa shape index (κ2) is 8.60. The minimum atomic E-state index is -0.0757.